The predicted octanol–water partition coefficient (Wildman–Crippen LogP) is 6.95. The largest absolute Gasteiger partial charge is 0.497 e. The number of methoxy groups -OCH3 is 1. The molecule has 7 rings (SSSR count). The van der Waals surface area contributed by atoms with Gasteiger partial charge in [-0.1, -0.05) is 59.4 Å². The van der Waals surface area contributed by atoms with Gasteiger partial charge in [0.2, 0.25) is 11.8 Å². The Morgan fingerprint density at radius 1 is 1.03 bits per heavy atom. The number of nitrogens with one attached hydrogen (secondary N) is 4. The molecular weight excluding hydrogens is 917 g/mol. The number of urea groups is 1. The molecule has 1 unspecified atom stereocenters. The summed E-state index contributed by atoms with van der Waals surface area (Å²) in [6.45, 7) is 11.6. The van der Waals surface area contributed by atoms with E-state index in [1.54, 1.807) is 36.8 Å². The van der Waals surface area contributed by atoms with Crippen LogP contribution >= 0.6 is 22.7 Å². The van der Waals surface area contributed by atoms with Crippen molar-refractivity contribution in [1.29, 1.82) is 0 Å². The molecule has 3 fully saturated rings. The molecule has 1 saturated heterocycles. The summed E-state index contributed by atoms with van der Waals surface area (Å²) in [4.78, 5) is 67.8. The number of sulfonamides is 1. The summed E-state index contributed by atoms with van der Waals surface area (Å²) in [6.07, 6.45) is 4.12. The fourth-order valence-corrected chi connectivity index (χ4v) is 12.4. The van der Waals surface area contributed by atoms with Gasteiger partial charge in [-0.05, 0) is 73.9 Å². The Bertz CT molecular complexity index is 2540. The van der Waals surface area contributed by atoms with Crippen LogP contribution in [-0.4, -0.2) is 120 Å². The number of carboxylic acid groups (broad SMARTS) is 1. The zero-order chi connectivity index (χ0) is 48.4. The fraction of sp³-hybridized carbons (Fsp3) is 0.574. The van der Waals surface area contributed by atoms with Gasteiger partial charge in [-0.15, -0.1) is 22.7 Å². The molecule has 67 heavy (non-hydrogen) atoms. The Morgan fingerprint density at radius 3 is 2.40 bits per heavy atom. The summed E-state index contributed by atoms with van der Waals surface area (Å²) in [5.74, 6) is -1.71. The van der Waals surface area contributed by atoms with E-state index in [4.69, 9.17) is 19.4 Å². The lowest BCUT2D eigenvalue weighted by atomic mass is 9.83. The van der Waals surface area contributed by atoms with Crippen molar-refractivity contribution in [3.63, 3.8) is 0 Å². The van der Waals surface area contributed by atoms with Crippen molar-refractivity contribution in [2.24, 2.45) is 17.3 Å². The first-order chi connectivity index (χ1) is 31.7. The second kappa shape index (κ2) is 20.3. The van der Waals surface area contributed by atoms with Crippen LogP contribution in [0.3, 0.4) is 0 Å². The maximum Gasteiger partial charge on any atom is 0.329 e. The first kappa shape index (κ1) is 49.8. The maximum atomic E-state index is 15.3. The van der Waals surface area contributed by atoms with Crippen LogP contribution in [-0.2, 0) is 24.4 Å². The number of carbonyl (C=O) groups is 4. The van der Waals surface area contributed by atoms with Gasteiger partial charge in [-0.25, -0.2) is 28.0 Å². The number of aromatic nitrogens is 2. The van der Waals surface area contributed by atoms with E-state index in [1.807, 2.05) is 53.0 Å². The Balaban J connectivity index is 1.19. The maximum absolute atomic E-state index is 15.3. The van der Waals surface area contributed by atoms with Gasteiger partial charge in [0, 0.05) is 55.0 Å². The van der Waals surface area contributed by atoms with E-state index in [-0.39, 0.29) is 48.0 Å². The van der Waals surface area contributed by atoms with Crippen molar-refractivity contribution in [3.8, 4) is 22.9 Å². The Hall–Kier alpha value is -5.05. The van der Waals surface area contributed by atoms with Crippen molar-refractivity contribution < 1.29 is 42.2 Å². The van der Waals surface area contributed by atoms with Crippen molar-refractivity contribution in [3.05, 3.63) is 47.2 Å². The number of likely N-dealkylation sites (N-methyl/N-ethyl adjacent to an activating group) is 1. The van der Waals surface area contributed by atoms with E-state index in [2.05, 4.69) is 21.3 Å². The quantitative estimate of drug-likeness (QED) is 0.0684. The lowest BCUT2D eigenvalue weighted by Gasteiger charge is -2.37. The highest BCUT2D eigenvalue weighted by molar-refractivity contribution is 7.91. The zero-order valence-corrected chi connectivity index (χ0v) is 41.9. The molecule has 1 aromatic carbocycles. The molecule has 5 N–H and O–H groups in total. The summed E-state index contributed by atoms with van der Waals surface area (Å²) in [6, 6.07) is 7.11. The number of ether oxygens (including phenoxy) is 2. The van der Waals surface area contributed by atoms with Crippen LogP contribution in [0.15, 0.2) is 51.4 Å². The number of hydrogen-bond acceptors (Lipinski definition) is 13. The third kappa shape index (κ3) is 11.1. The van der Waals surface area contributed by atoms with E-state index >= 15 is 4.79 Å². The van der Waals surface area contributed by atoms with Crippen LogP contribution < -0.4 is 30.7 Å². The molecular formula is C47H64N8O9S3. The van der Waals surface area contributed by atoms with Gasteiger partial charge in [0.1, 0.15) is 45.1 Å². The van der Waals surface area contributed by atoms with Crippen molar-refractivity contribution in [2.75, 3.05) is 32.6 Å². The van der Waals surface area contributed by atoms with Crippen molar-refractivity contribution in [2.45, 2.75) is 133 Å². The molecule has 3 aliphatic rings. The predicted molar refractivity (Wildman–Crippen MR) is 259 cm³/mol. The Kier molecular flexibility index (Phi) is 15.1. The van der Waals surface area contributed by atoms with Crippen molar-refractivity contribution >= 4 is 72.5 Å². The van der Waals surface area contributed by atoms with E-state index in [1.165, 1.54) is 33.7 Å². The van der Waals surface area contributed by atoms with Gasteiger partial charge >= 0.3 is 12.0 Å². The van der Waals surface area contributed by atoms with Gasteiger partial charge in [-0.2, -0.15) is 4.31 Å². The highest BCUT2D eigenvalue weighted by atomic mass is 32.2. The average molecular weight is 981 g/mol. The van der Waals surface area contributed by atoms with Crippen LogP contribution in [0.5, 0.6) is 11.5 Å². The summed E-state index contributed by atoms with van der Waals surface area (Å²) in [5, 5.41) is 27.5. The number of anilines is 1. The van der Waals surface area contributed by atoms with Gasteiger partial charge in [-0.3, -0.25) is 9.59 Å². The highest BCUT2D eigenvalue weighted by Gasteiger charge is 2.61. The second-order valence-corrected chi connectivity index (χ2v) is 23.5. The zero-order valence-electron chi connectivity index (χ0n) is 39.5. The molecule has 20 heteroatoms. The van der Waals surface area contributed by atoms with Crippen molar-refractivity contribution in [1.82, 2.24) is 35.1 Å². The average Bonchev–Trinajstić information content (AvgIpc) is 3.74. The third-order valence-electron chi connectivity index (χ3n) is 13.2. The molecule has 4 heterocycles. The molecule has 17 nitrogen and oxygen atoms in total. The smallest absolute Gasteiger partial charge is 0.329 e. The molecule has 0 spiro atoms. The number of thiazole rings is 1. The van der Waals surface area contributed by atoms with E-state index in [0.29, 0.717) is 53.1 Å². The number of nitrogens with zero attached hydrogens (tertiary/aromatic N) is 4. The number of thiophene rings is 1. The minimum absolute atomic E-state index is 0.0344. The SMILES string of the molecule is CCC1C[C@]1(NC(=O)[C@@H]1C[C@@H](Oc2cc(-c3csc(NC(C)C)n3)nc3cc(OC)ccc23)CN1C(=O)[C@@H](NC(=O)N[C@H](CN(C)S(=O)(=O)c1cccs1)C(C)(C)C)C1CCCCC1)C(=O)O. The molecule has 0 radical (unpaired) electrons. The summed E-state index contributed by atoms with van der Waals surface area (Å²) in [5.41, 5.74) is -0.293. The number of likely N-dealkylation sites (tertiary alicyclic amines) is 1. The minimum atomic E-state index is -3.83. The summed E-state index contributed by atoms with van der Waals surface area (Å²) >= 11 is 2.56. The van der Waals surface area contributed by atoms with Crippen LogP contribution in [0.25, 0.3) is 22.3 Å². The number of benzene rings is 1. The fourth-order valence-electron chi connectivity index (χ4n) is 9.21. The van der Waals surface area contributed by atoms with E-state index in [0.717, 1.165) is 35.7 Å². The molecule has 2 aliphatic carbocycles. The standard InChI is InChI=1S/C47H64N8O9S3/c1-9-29-23-47(29,43(58)59)53-41(56)36-21-31(64-37-22-34(35-26-66-45(50-35)48-27(2)3)49-33-20-30(63-8)17-18-32(33)37)24-55(36)42(57)40(28-14-11-10-12-15-28)52-44(60)51-38(46(4,5)6)25-54(7)67(61,62)39-16-13-19-65-39/h13,16-20,22,26-29,31,36,38,40H,9-12,14-15,21,23-25H2,1-8H3,(H,48,50)(H,53,56)(H,58,59)(H2,51,52,60)/t29?,31-,36+,38-,40+,47-/m1/s1. The number of fused-ring (bicyclic) bond motifs is 1. The number of carboxylic acids is 1. The summed E-state index contributed by atoms with van der Waals surface area (Å²) < 4.78 is 40.6. The molecule has 1 aliphatic heterocycles. The van der Waals surface area contributed by atoms with Gasteiger partial charge in [0.25, 0.3) is 10.0 Å². The normalized spacial score (nSPS) is 22.1. The molecule has 364 valence electrons. The molecule has 3 aromatic heterocycles. The number of aliphatic carboxylic acids is 1. The van der Waals surface area contributed by atoms with E-state index < -0.39 is 69.0 Å². The van der Waals surface area contributed by atoms with Crippen LogP contribution in [0.4, 0.5) is 9.93 Å². The molecule has 2 saturated carbocycles. The lowest BCUT2D eigenvalue weighted by Crippen LogP contribution is -2.61. The van der Waals surface area contributed by atoms with Gasteiger partial charge < -0.3 is 40.7 Å². The minimum Gasteiger partial charge on any atom is -0.497 e. The summed E-state index contributed by atoms with van der Waals surface area (Å²) in [7, 11) is -0.782. The van der Waals surface area contributed by atoms with Gasteiger partial charge in [0.15, 0.2) is 5.13 Å². The Morgan fingerprint density at radius 2 is 1.78 bits per heavy atom. The first-order valence-corrected chi connectivity index (χ1v) is 26.2. The highest BCUT2D eigenvalue weighted by Crippen LogP contribution is 2.46. The monoisotopic (exact) mass is 980 g/mol. The molecule has 0 bridgehead atoms. The Labute approximate surface area is 400 Å². The van der Waals surface area contributed by atoms with E-state index in [9.17, 15) is 27.9 Å². The third-order valence-corrected chi connectivity index (χ3v) is 17.2. The number of hydrogen-bond donors (Lipinski definition) is 5. The molecule has 4 aromatic rings. The lowest BCUT2D eigenvalue weighted by molar-refractivity contribution is -0.146. The number of carbonyl (C=O) groups excluding carboxylic acids is 3. The van der Waals surface area contributed by atoms with Crippen LogP contribution in [0, 0.1) is 17.3 Å². The molecule has 4 amide bonds. The first-order valence-electron chi connectivity index (χ1n) is 23.0. The number of pyridine rings is 1. The molecule has 6 atom stereocenters. The number of rotatable bonds is 18. The van der Waals surface area contributed by atoms with Gasteiger partial charge in [0.05, 0.1) is 24.9 Å². The van der Waals surface area contributed by atoms with Crippen LogP contribution in [0.2, 0.25) is 0 Å². The van der Waals surface area contributed by atoms with Crippen LogP contribution in [0.1, 0.15) is 92.9 Å². The second-order valence-electron chi connectivity index (χ2n) is 19.4. The topological polar surface area (TPSA) is 221 Å². The number of amides is 4.